The van der Waals surface area contributed by atoms with Crippen LogP contribution < -0.4 is 0 Å². The summed E-state index contributed by atoms with van der Waals surface area (Å²) in [4.78, 5) is 10.9. The summed E-state index contributed by atoms with van der Waals surface area (Å²) >= 11 is 0. The standard InChI is InChI=1S/C11H11FO3/c1-2-15-10(13)7-6-8-4-3-5-9(12)11(8)14/h3-7,14H,2H2,1H3. The van der Waals surface area contributed by atoms with Crippen LogP contribution in [0.1, 0.15) is 12.5 Å². The highest BCUT2D eigenvalue weighted by molar-refractivity contribution is 5.87. The van der Waals surface area contributed by atoms with Gasteiger partial charge in [-0.15, -0.1) is 0 Å². The summed E-state index contributed by atoms with van der Waals surface area (Å²) < 4.78 is 17.5. The fraction of sp³-hybridized carbons (Fsp3) is 0.182. The highest BCUT2D eigenvalue weighted by Crippen LogP contribution is 2.21. The summed E-state index contributed by atoms with van der Waals surface area (Å²) in [5.41, 5.74) is 0.239. The number of esters is 1. The molecule has 0 aliphatic carbocycles. The molecule has 0 atom stereocenters. The van der Waals surface area contributed by atoms with Gasteiger partial charge in [0.1, 0.15) is 0 Å². The number of aromatic hydroxyl groups is 1. The van der Waals surface area contributed by atoms with Crippen molar-refractivity contribution >= 4 is 12.0 Å². The zero-order valence-electron chi connectivity index (χ0n) is 8.24. The molecule has 0 amide bonds. The van der Waals surface area contributed by atoms with Gasteiger partial charge < -0.3 is 9.84 Å². The van der Waals surface area contributed by atoms with Gasteiger partial charge in [0.2, 0.25) is 0 Å². The summed E-state index contributed by atoms with van der Waals surface area (Å²) in [6.07, 6.45) is 2.44. The van der Waals surface area contributed by atoms with Gasteiger partial charge in [0.15, 0.2) is 11.6 Å². The summed E-state index contributed by atoms with van der Waals surface area (Å²) in [5, 5.41) is 9.26. The zero-order valence-corrected chi connectivity index (χ0v) is 8.24. The number of carbonyl (C=O) groups is 1. The van der Waals surface area contributed by atoms with E-state index in [2.05, 4.69) is 4.74 Å². The topological polar surface area (TPSA) is 46.5 Å². The number of carbonyl (C=O) groups excluding carboxylic acids is 1. The SMILES string of the molecule is CCOC(=O)C=Cc1cccc(F)c1O. The molecule has 0 bridgehead atoms. The van der Waals surface area contributed by atoms with Crippen LogP contribution >= 0.6 is 0 Å². The van der Waals surface area contributed by atoms with E-state index in [1.165, 1.54) is 18.2 Å². The van der Waals surface area contributed by atoms with Crippen molar-refractivity contribution in [3.05, 3.63) is 35.7 Å². The molecule has 3 nitrogen and oxygen atoms in total. The van der Waals surface area contributed by atoms with Crippen molar-refractivity contribution in [3.8, 4) is 5.75 Å². The Morgan fingerprint density at radius 3 is 3.00 bits per heavy atom. The second kappa shape index (κ2) is 5.14. The van der Waals surface area contributed by atoms with E-state index < -0.39 is 17.5 Å². The molecule has 0 heterocycles. The molecule has 1 aromatic rings. The minimum Gasteiger partial charge on any atom is -0.504 e. The van der Waals surface area contributed by atoms with E-state index in [9.17, 15) is 14.3 Å². The number of ether oxygens (including phenoxy) is 1. The third-order valence-corrected chi connectivity index (χ3v) is 1.70. The third-order valence-electron chi connectivity index (χ3n) is 1.70. The van der Waals surface area contributed by atoms with Crippen LogP contribution in [0.5, 0.6) is 5.75 Å². The fourth-order valence-corrected chi connectivity index (χ4v) is 1.01. The summed E-state index contributed by atoms with van der Waals surface area (Å²) in [6.45, 7) is 1.96. The predicted octanol–water partition coefficient (Wildman–Crippen LogP) is 2.11. The lowest BCUT2D eigenvalue weighted by Gasteiger charge is -1.99. The van der Waals surface area contributed by atoms with Crippen LogP contribution in [-0.2, 0) is 9.53 Å². The largest absolute Gasteiger partial charge is 0.504 e. The van der Waals surface area contributed by atoms with Crippen LogP contribution in [0.2, 0.25) is 0 Å². The van der Waals surface area contributed by atoms with E-state index in [-0.39, 0.29) is 12.2 Å². The molecule has 1 rings (SSSR count). The first kappa shape index (κ1) is 11.2. The van der Waals surface area contributed by atoms with Gasteiger partial charge in [0.05, 0.1) is 6.61 Å². The Morgan fingerprint density at radius 1 is 1.60 bits per heavy atom. The number of para-hydroxylation sites is 1. The van der Waals surface area contributed by atoms with Crippen LogP contribution in [-0.4, -0.2) is 17.7 Å². The Kier molecular flexibility index (Phi) is 3.85. The molecule has 15 heavy (non-hydrogen) atoms. The number of halogens is 1. The average Bonchev–Trinajstić information content (AvgIpc) is 2.21. The predicted molar refractivity (Wildman–Crippen MR) is 53.7 cm³/mol. The van der Waals surface area contributed by atoms with Crippen molar-refractivity contribution in [2.75, 3.05) is 6.61 Å². The average molecular weight is 210 g/mol. The van der Waals surface area contributed by atoms with Crippen LogP contribution in [0.4, 0.5) is 4.39 Å². The minimum atomic E-state index is -0.721. The van der Waals surface area contributed by atoms with Gasteiger partial charge in [-0.1, -0.05) is 12.1 Å². The second-order valence-electron chi connectivity index (χ2n) is 2.76. The Morgan fingerprint density at radius 2 is 2.33 bits per heavy atom. The normalized spacial score (nSPS) is 10.5. The van der Waals surface area contributed by atoms with E-state index in [1.807, 2.05) is 0 Å². The number of phenolic OH excluding ortho intramolecular Hbond substituents is 1. The van der Waals surface area contributed by atoms with Crippen LogP contribution in [0.3, 0.4) is 0 Å². The number of benzene rings is 1. The first-order chi connectivity index (χ1) is 7.15. The Labute approximate surface area is 86.8 Å². The van der Waals surface area contributed by atoms with Gasteiger partial charge >= 0.3 is 5.97 Å². The van der Waals surface area contributed by atoms with Crippen molar-refractivity contribution in [1.29, 1.82) is 0 Å². The quantitative estimate of drug-likeness (QED) is 0.614. The molecule has 0 aliphatic heterocycles. The molecule has 0 radical (unpaired) electrons. The summed E-state index contributed by atoms with van der Waals surface area (Å²) in [7, 11) is 0. The lowest BCUT2D eigenvalue weighted by molar-refractivity contribution is -0.137. The van der Waals surface area contributed by atoms with Crippen molar-refractivity contribution in [2.45, 2.75) is 6.92 Å². The Bertz CT molecular complexity index is 385. The highest BCUT2D eigenvalue weighted by atomic mass is 19.1. The highest BCUT2D eigenvalue weighted by Gasteiger charge is 2.03. The second-order valence-corrected chi connectivity index (χ2v) is 2.76. The van der Waals surface area contributed by atoms with Crippen molar-refractivity contribution < 1.29 is 19.0 Å². The molecule has 0 unspecified atom stereocenters. The molecule has 0 saturated heterocycles. The monoisotopic (exact) mass is 210 g/mol. The number of hydrogen-bond acceptors (Lipinski definition) is 3. The number of phenols is 1. The zero-order chi connectivity index (χ0) is 11.3. The van der Waals surface area contributed by atoms with E-state index >= 15 is 0 Å². The number of hydrogen-bond donors (Lipinski definition) is 1. The van der Waals surface area contributed by atoms with Crippen molar-refractivity contribution in [3.63, 3.8) is 0 Å². The molecular weight excluding hydrogens is 199 g/mol. The first-order valence-electron chi connectivity index (χ1n) is 4.47. The lowest BCUT2D eigenvalue weighted by Crippen LogP contribution is -1.98. The van der Waals surface area contributed by atoms with E-state index in [4.69, 9.17) is 0 Å². The smallest absolute Gasteiger partial charge is 0.330 e. The summed E-state index contributed by atoms with van der Waals surface area (Å²) in [5.74, 6) is -1.72. The van der Waals surface area contributed by atoms with E-state index in [0.29, 0.717) is 0 Å². The van der Waals surface area contributed by atoms with Crippen LogP contribution in [0.15, 0.2) is 24.3 Å². The fourth-order valence-electron chi connectivity index (χ4n) is 1.01. The van der Waals surface area contributed by atoms with Crippen LogP contribution in [0, 0.1) is 5.82 Å². The molecule has 1 aromatic carbocycles. The van der Waals surface area contributed by atoms with Gasteiger partial charge in [0, 0.05) is 11.6 Å². The third kappa shape index (κ3) is 3.09. The molecule has 80 valence electrons. The molecule has 0 fully saturated rings. The molecule has 1 N–H and O–H groups in total. The number of rotatable bonds is 3. The van der Waals surface area contributed by atoms with Gasteiger partial charge in [-0.2, -0.15) is 0 Å². The lowest BCUT2D eigenvalue weighted by atomic mass is 10.2. The Balaban J connectivity index is 2.81. The molecule has 0 aliphatic rings. The van der Waals surface area contributed by atoms with Crippen molar-refractivity contribution in [2.24, 2.45) is 0 Å². The maximum absolute atomic E-state index is 12.9. The van der Waals surface area contributed by atoms with Gasteiger partial charge in [0.25, 0.3) is 0 Å². The molecule has 0 aromatic heterocycles. The molecule has 4 heteroatoms. The maximum atomic E-state index is 12.9. The van der Waals surface area contributed by atoms with E-state index in [1.54, 1.807) is 6.92 Å². The Hall–Kier alpha value is -1.84. The first-order valence-corrected chi connectivity index (χ1v) is 4.47. The van der Waals surface area contributed by atoms with Crippen LogP contribution in [0.25, 0.3) is 6.08 Å². The van der Waals surface area contributed by atoms with Gasteiger partial charge in [-0.3, -0.25) is 0 Å². The van der Waals surface area contributed by atoms with Crippen molar-refractivity contribution in [1.82, 2.24) is 0 Å². The van der Waals surface area contributed by atoms with Gasteiger partial charge in [-0.05, 0) is 19.1 Å². The molecular formula is C11H11FO3. The van der Waals surface area contributed by atoms with Gasteiger partial charge in [-0.25, -0.2) is 9.18 Å². The van der Waals surface area contributed by atoms with E-state index in [0.717, 1.165) is 12.1 Å². The minimum absolute atomic E-state index is 0.239. The molecule has 0 spiro atoms. The molecule has 0 saturated carbocycles. The maximum Gasteiger partial charge on any atom is 0.330 e. The summed E-state index contributed by atoms with van der Waals surface area (Å²) in [6, 6.07) is 4.07.